The van der Waals surface area contributed by atoms with Gasteiger partial charge < -0.3 is 9.88 Å². The van der Waals surface area contributed by atoms with Crippen molar-refractivity contribution < 1.29 is 14.4 Å². The van der Waals surface area contributed by atoms with E-state index in [1.807, 2.05) is 23.1 Å². The van der Waals surface area contributed by atoms with Crippen molar-refractivity contribution in [2.75, 3.05) is 11.4 Å². The number of aromatic nitrogens is 3. The van der Waals surface area contributed by atoms with Crippen molar-refractivity contribution in [1.82, 2.24) is 20.4 Å². The fraction of sp³-hybridized carbons (Fsp3) is 0.136. The van der Waals surface area contributed by atoms with E-state index in [4.69, 9.17) is 5.21 Å². The summed E-state index contributed by atoms with van der Waals surface area (Å²) in [6.45, 7) is 1.36. The molecule has 5 rings (SSSR count). The van der Waals surface area contributed by atoms with Crippen molar-refractivity contribution in [3.05, 3.63) is 77.5 Å². The number of carbonyl (C=O) groups is 1. The monoisotopic (exact) mass is 403 g/mol. The van der Waals surface area contributed by atoms with E-state index < -0.39 is 5.91 Å². The topological polar surface area (TPSA) is 94.1 Å². The van der Waals surface area contributed by atoms with Crippen molar-refractivity contribution >= 4 is 22.8 Å². The fourth-order valence-electron chi connectivity index (χ4n) is 3.90. The van der Waals surface area contributed by atoms with Crippen LogP contribution in [0.5, 0.6) is 0 Å². The molecule has 4 aromatic rings. The number of amides is 1. The van der Waals surface area contributed by atoms with E-state index in [1.54, 1.807) is 11.5 Å². The van der Waals surface area contributed by atoms with Crippen LogP contribution in [-0.4, -0.2) is 32.6 Å². The first-order chi connectivity index (χ1) is 14.6. The normalized spacial score (nSPS) is 13.3. The summed E-state index contributed by atoms with van der Waals surface area (Å²) in [7, 11) is 0. The van der Waals surface area contributed by atoms with Crippen LogP contribution in [0.25, 0.3) is 22.0 Å². The standard InChI is InChI=1S/C22H18FN5O2/c23-16-3-1-2-13(8-16)14-4-5-19-17(9-14)18-12-28(7-6-20(18)26-19)22-24-10-15(11-25-22)21(29)27-30/h1-5,8-11,26,30H,6-7,12H2,(H,27,29). The number of H-pyrrole nitrogens is 1. The minimum Gasteiger partial charge on any atom is -0.358 e. The van der Waals surface area contributed by atoms with Crippen LogP contribution in [0.15, 0.2) is 54.9 Å². The second-order valence-corrected chi connectivity index (χ2v) is 7.24. The van der Waals surface area contributed by atoms with Gasteiger partial charge in [0.15, 0.2) is 0 Å². The molecule has 7 nitrogen and oxygen atoms in total. The number of hydrogen-bond acceptors (Lipinski definition) is 5. The third-order valence-electron chi connectivity index (χ3n) is 5.42. The number of hydroxylamine groups is 1. The van der Waals surface area contributed by atoms with Gasteiger partial charge in [-0.15, -0.1) is 0 Å². The Labute approximate surface area is 171 Å². The van der Waals surface area contributed by atoms with Crippen LogP contribution >= 0.6 is 0 Å². The van der Waals surface area contributed by atoms with Crippen molar-refractivity contribution in [1.29, 1.82) is 0 Å². The summed E-state index contributed by atoms with van der Waals surface area (Å²) in [5.41, 5.74) is 6.92. The number of halogens is 1. The lowest BCUT2D eigenvalue weighted by molar-refractivity contribution is 0.0705. The molecule has 0 bridgehead atoms. The van der Waals surface area contributed by atoms with E-state index in [0.29, 0.717) is 12.5 Å². The highest BCUT2D eigenvalue weighted by Gasteiger charge is 2.23. The molecule has 3 N–H and O–H groups in total. The van der Waals surface area contributed by atoms with Gasteiger partial charge in [0, 0.05) is 54.1 Å². The summed E-state index contributed by atoms with van der Waals surface area (Å²) < 4.78 is 13.7. The molecule has 0 saturated heterocycles. The maximum Gasteiger partial charge on any atom is 0.277 e. The molecule has 30 heavy (non-hydrogen) atoms. The van der Waals surface area contributed by atoms with Crippen LogP contribution in [-0.2, 0) is 13.0 Å². The van der Waals surface area contributed by atoms with Gasteiger partial charge in [0.25, 0.3) is 5.91 Å². The highest BCUT2D eigenvalue weighted by atomic mass is 19.1. The smallest absolute Gasteiger partial charge is 0.277 e. The van der Waals surface area contributed by atoms with Gasteiger partial charge in [0.1, 0.15) is 5.82 Å². The number of hydrogen-bond donors (Lipinski definition) is 3. The quantitative estimate of drug-likeness (QED) is 0.360. The first-order valence-corrected chi connectivity index (χ1v) is 9.53. The van der Waals surface area contributed by atoms with Gasteiger partial charge in [0.2, 0.25) is 5.95 Å². The van der Waals surface area contributed by atoms with Crippen molar-refractivity contribution in [3.8, 4) is 11.1 Å². The lowest BCUT2D eigenvalue weighted by Gasteiger charge is -2.27. The van der Waals surface area contributed by atoms with Crippen molar-refractivity contribution in [2.45, 2.75) is 13.0 Å². The predicted octanol–water partition coefficient (Wildman–Crippen LogP) is 3.45. The molecule has 2 aromatic heterocycles. The summed E-state index contributed by atoms with van der Waals surface area (Å²) in [6.07, 6.45) is 3.59. The van der Waals surface area contributed by atoms with Crippen LogP contribution in [0.4, 0.5) is 10.3 Å². The third kappa shape index (κ3) is 3.17. The molecule has 0 radical (unpaired) electrons. The lowest BCUT2D eigenvalue weighted by Crippen LogP contribution is -2.31. The van der Waals surface area contributed by atoms with Crippen molar-refractivity contribution in [3.63, 3.8) is 0 Å². The molecule has 150 valence electrons. The zero-order valence-electron chi connectivity index (χ0n) is 15.9. The lowest BCUT2D eigenvalue weighted by atomic mass is 10.00. The minimum atomic E-state index is -0.649. The van der Waals surface area contributed by atoms with Crippen LogP contribution in [0, 0.1) is 5.82 Å². The van der Waals surface area contributed by atoms with Gasteiger partial charge >= 0.3 is 0 Å². The molecular weight excluding hydrogens is 385 g/mol. The molecule has 0 spiro atoms. The second kappa shape index (κ2) is 7.23. The van der Waals surface area contributed by atoms with E-state index in [9.17, 15) is 9.18 Å². The van der Waals surface area contributed by atoms with Gasteiger partial charge in [0.05, 0.1) is 5.56 Å². The minimum absolute atomic E-state index is 0.186. The van der Waals surface area contributed by atoms with Crippen LogP contribution < -0.4 is 10.4 Å². The van der Waals surface area contributed by atoms with E-state index in [-0.39, 0.29) is 11.4 Å². The Bertz CT molecular complexity index is 1250. The molecule has 0 aliphatic carbocycles. The van der Waals surface area contributed by atoms with Gasteiger partial charge in [-0.1, -0.05) is 18.2 Å². The molecule has 1 aliphatic heterocycles. The van der Waals surface area contributed by atoms with E-state index in [0.717, 1.165) is 40.6 Å². The summed E-state index contributed by atoms with van der Waals surface area (Å²) >= 11 is 0. The van der Waals surface area contributed by atoms with Gasteiger partial charge in [-0.2, -0.15) is 0 Å². The Morgan fingerprint density at radius 1 is 1.13 bits per heavy atom. The van der Waals surface area contributed by atoms with Gasteiger partial charge in [-0.3, -0.25) is 10.0 Å². The number of carbonyl (C=O) groups excluding carboxylic acids is 1. The highest BCUT2D eigenvalue weighted by molar-refractivity contribution is 5.92. The Balaban J connectivity index is 1.48. The predicted molar refractivity (Wildman–Crippen MR) is 110 cm³/mol. The van der Waals surface area contributed by atoms with E-state index in [1.165, 1.54) is 30.2 Å². The van der Waals surface area contributed by atoms with Crippen molar-refractivity contribution in [2.24, 2.45) is 0 Å². The van der Waals surface area contributed by atoms with Crippen LogP contribution in [0.2, 0.25) is 0 Å². The van der Waals surface area contributed by atoms with Gasteiger partial charge in [-0.05, 0) is 35.4 Å². The number of rotatable bonds is 3. The van der Waals surface area contributed by atoms with Crippen LogP contribution in [0.1, 0.15) is 21.6 Å². The maximum atomic E-state index is 13.7. The first-order valence-electron chi connectivity index (χ1n) is 9.53. The summed E-state index contributed by atoms with van der Waals surface area (Å²) in [5, 5.41) is 9.81. The fourth-order valence-corrected chi connectivity index (χ4v) is 3.90. The molecule has 3 heterocycles. The van der Waals surface area contributed by atoms with E-state index >= 15 is 0 Å². The number of anilines is 1. The van der Waals surface area contributed by atoms with Crippen LogP contribution in [0.3, 0.4) is 0 Å². The Morgan fingerprint density at radius 2 is 1.93 bits per heavy atom. The summed E-state index contributed by atoms with van der Waals surface area (Å²) in [4.78, 5) is 25.5. The molecule has 0 unspecified atom stereocenters. The molecule has 1 amide bonds. The average Bonchev–Trinajstić information content (AvgIpc) is 3.16. The molecule has 0 atom stereocenters. The molecular formula is C22H18FN5O2. The Kier molecular flexibility index (Phi) is 4.40. The highest BCUT2D eigenvalue weighted by Crippen LogP contribution is 2.32. The first kappa shape index (κ1) is 18.3. The Hall–Kier alpha value is -3.78. The Morgan fingerprint density at radius 3 is 2.70 bits per heavy atom. The van der Waals surface area contributed by atoms with E-state index in [2.05, 4.69) is 21.0 Å². The number of benzene rings is 2. The maximum absolute atomic E-state index is 13.7. The molecule has 0 saturated carbocycles. The number of nitrogens with one attached hydrogen (secondary N) is 2. The average molecular weight is 403 g/mol. The zero-order valence-corrected chi connectivity index (χ0v) is 15.9. The SMILES string of the molecule is O=C(NO)c1cnc(N2CCc3[nH]c4ccc(-c5cccc(F)c5)cc4c3C2)nc1. The largest absolute Gasteiger partial charge is 0.358 e. The van der Waals surface area contributed by atoms with Gasteiger partial charge in [-0.25, -0.2) is 19.8 Å². The summed E-state index contributed by atoms with van der Waals surface area (Å²) in [5.74, 6) is -0.389. The number of aromatic amines is 1. The summed E-state index contributed by atoms with van der Waals surface area (Å²) in [6, 6.07) is 12.7. The molecule has 0 fully saturated rings. The number of fused-ring (bicyclic) bond motifs is 3. The molecule has 8 heteroatoms. The number of nitrogens with zero attached hydrogens (tertiary/aromatic N) is 3. The zero-order chi connectivity index (χ0) is 20.7. The molecule has 1 aliphatic rings. The molecule has 2 aromatic carbocycles. The second-order valence-electron chi connectivity index (χ2n) is 7.24. The third-order valence-corrected chi connectivity index (χ3v) is 5.42.